The molecule has 0 bridgehead atoms. The molecule has 1 aromatic heterocycles. The van der Waals surface area contributed by atoms with E-state index in [1.165, 1.54) is 12.3 Å². The number of carboxylic acids is 1. The van der Waals surface area contributed by atoms with E-state index in [1.54, 1.807) is 0 Å². The van der Waals surface area contributed by atoms with Crippen molar-refractivity contribution in [3.63, 3.8) is 0 Å². The Morgan fingerprint density at radius 1 is 1.53 bits per heavy atom. The van der Waals surface area contributed by atoms with Crippen molar-refractivity contribution in [3.8, 4) is 0 Å². The Hall–Kier alpha value is -1.65. The predicted octanol–water partition coefficient (Wildman–Crippen LogP) is 1.63. The summed E-state index contributed by atoms with van der Waals surface area (Å²) in [6, 6.07) is 1.37. The lowest BCUT2D eigenvalue weighted by Crippen LogP contribution is -2.20. The SMILES string of the molecule is CC(C)(C)CNc1nccc(C(=O)O)n1. The standard InChI is InChI=1S/C10H15N3O2/c1-10(2,3)6-12-9-11-5-4-7(13-9)8(14)15/h4-5H,6H2,1-3H3,(H,14,15)(H,11,12,13). The summed E-state index contributed by atoms with van der Waals surface area (Å²) in [5, 5.41) is 11.7. The van der Waals surface area contributed by atoms with Crippen molar-refractivity contribution < 1.29 is 9.90 Å². The summed E-state index contributed by atoms with van der Waals surface area (Å²) in [4.78, 5) is 18.4. The second-order valence-electron chi connectivity index (χ2n) is 4.48. The van der Waals surface area contributed by atoms with Crippen molar-refractivity contribution in [3.05, 3.63) is 18.0 Å². The largest absolute Gasteiger partial charge is 0.477 e. The topological polar surface area (TPSA) is 75.1 Å². The first-order valence-electron chi connectivity index (χ1n) is 4.69. The zero-order chi connectivity index (χ0) is 11.5. The Labute approximate surface area is 88.6 Å². The molecule has 0 aliphatic carbocycles. The van der Waals surface area contributed by atoms with Gasteiger partial charge in [0.2, 0.25) is 5.95 Å². The van der Waals surface area contributed by atoms with Crippen LogP contribution in [0.3, 0.4) is 0 Å². The molecule has 2 N–H and O–H groups in total. The van der Waals surface area contributed by atoms with Crippen LogP contribution in [0.2, 0.25) is 0 Å². The molecule has 1 aromatic rings. The van der Waals surface area contributed by atoms with Gasteiger partial charge in [-0.05, 0) is 11.5 Å². The fraction of sp³-hybridized carbons (Fsp3) is 0.500. The summed E-state index contributed by atoms with van der Waals surface area (Å²) in [6.45, 7) is 6.90. The molecule has 0 radical (unpaired) electrons. The summed E-state index contributed by atoms with van der Waals surface area (Å²) in [5.74, 6) is -0.693. The lowest BCUT2D eigenvalue weighted by Gasteiger charge is -2.18. The first kappa shape index (κ1) is 11.4. The van der Waals surface area contributed by atoms with E-state index in [9.17, 15) is 4.79 Å². The Bertz CT molecular complexity index is 358. The normalized spacial score (nSPS) is 11.1. The van der Waals surface area contributed by atoms with Crippen LogP contribution in [0.5, 0.6) is 0 Å². The molecule has 1 rings (SSSR count). The van der Waals surface area contributed by atoms with Gasteiger partial charge >= 0.3 is 5.97 Å². The van der Waals surface area contributed by atoms with Crippen LogP contribution in [0.4, 0.5) is 5.95 Å². The summed E-state index contributed by atoms with van der Waals surface area (Å²) >= 11 is 0. The zero-order valence-electron chi connectivity index (χ0n) is 9.11. The number of carboxylic acid groups (broad SMARTS) is 1. The molecule has 0 aliphatic rings. The highest BCUT2D eigenvalue weighted by atomic mass is 16.4. The number of rotatable bonds is 3. The van der Waals surface area contributed by atoms with Crippen LogP contribution in [0.1, 0.15) is 31.3 Å². The zero-order valence-corrected chi connectivity index (χ0v) is 9.11. The van der Waals surface area contributed by atoms with Gasteiger partial charge < -0.3 is 10.4 Å². The Balaban J connectivity index is 2.70. The minimum atomic E-state index is -1.05. The van der Waals surface area contributed by atoms with E-state index < -0.39 is 5.97 Å². The highest BCUT2D eigenvalue weighted by molar-refractivity contribution is 5.85. The van der Waals surface area contributed by atoms with Crippen LogP contribution in [0, 0.1) is 5.41 Å². The highest BCUT2D eigenvalue weighted by Crippen LogP contribution is 2.13. The van der Waals surface area contributed by atoms with Gasteiger partial charge in [-0.3, -0.25) is 0 Å². The first-order valence-corrected chi connectivity index (χ1v) is 4.69. The maximum Gasteiger partial charge on any atom is 0.354 e. The van der Waals surface area contributed by atoms with Gasteiger partial charge in [-0.1, -0.05) is 20.8 Å². The number of carbonyl (C=O) groups is 1. The van der Waals surface area contributed by atoms with Gasteiger partial charge in [0.05, 0.1) is 0 Å². The minimum Gasteiger partial charge on any atom is -0.477 e. The van der Waals surface area contributed by atoms with E-state index in [4.69, 9.17) is 5.11 Å². The molecule has 0 aliphatic heterocycles. The van der Waals surface area contributed by atoms with E-state index in [0.717, 1.165) is 0 Å². The number of hydrogen-bond donors (Lipinski definition) is 2. The molecule has 0 atom stereocenters. The Morgan fingerprint density at radius 2 is 2.20 bits per heavy atom. The van der Waals surface area contributed by atoms with Crippen molar-refractivity contribution in [1.82, 2.24) is 9.97 Å². The van der Waals surface area contributed by atoms with Gasteiger partial charge in [-0.2, -0.15) is 0 Å². The third-order valence-electron chi connectivity index (χ3n) is 1.65. The first-order chi connectivity index (χ1) is 6.88. The van der Waals surface area contributed by atoms with Crippen molar-refractivity contribution in [1.29, 1.82) is 0 Å². The van der Waals surface area contributed by atoms with Crippen molar-refractivity contribution in [2.75, 3.05) is 11.9 Å². The molecule has 0 amide bonds. The van der Waals surface area contributed by atoms with E-state index in [0.29, 0.717) is 12.5 Å². The molecule has 5 heteroatoms. The fourth-order valence-corrected chi connectivity index (χ4v) is 0.907. The monoisotopic (exact) mass is 209 g/mol. The number of aromatic nitrogens is 2. The summed E-state index contributed by atoms with van der Waals surface area (Å²) < 4.78 is 0. The predicted molar refractivity (Wildman–Crippen MR) is 56.9 cm³/mol. The van der Waals surface area contributed by atoms with Crippen LogP contribution in [-0.4, -0.2) is 27.6 Å². The molecule has 0 spiro atoms. The average Bonchev–Trinajstić information content (AvgIpc) is 2.14. The molecule has 15 heavy (non-hydrogen) atoms. The number of nitrogens with zero attached hydrogens (tertiary/aromatic N) is 2. The Morgan fingerprint density at radius 3 is 2.73 bits per heavy atom. The molecule has 0 unspecified atom stereocenters. The van der Waals surface area contributed by atoms with Gasteiger partial charge in [0.15, 0.2) is 5.69 Å². The maximum atomic E-state index is 10.6. The number of nitrogens with one attached hydrogen (secondary N) is 1. The van der Waals surface area contributed by atoms with Crippen LogP contribution in [0.15, 0.2) is 12.3 Å². The van der Waals surface area contributed by atoms with Crippen molar-refractivity contribution in [2.45, 2.75) is 20.8 Å². The third-order valence-corrected chi connectivity index (χ3v) is 1.65. The molecule has 0 fully saturated rings. The van der Waals surface area contributed by atoms with Crippen molar-refractivity contribution >= 4 is 11.9 Å². The quantitative estimate of drug-likeness (QED) is 0.791. The molecule has 1 heterocycles. The van der Waals surface area contributed by atoms with Crippen LogP contribution >= 0.6 is 0 Å². The maximum absolute atomic E-state index is 10.6. The molecular formula is C10H15N3O2. The fourth-order valence-electron chi connectivity index (χ4n) is 0.907. The van der Waals surface area contributed by atoms with Gasteiger partial charge in [0.25, 0.3) is 0 Å². The second-order valence-corrected chi connectivity index (χ2v) is 4.48. The van der Waals surface area contributed by atoms with Crippen molar-refractivity contribution in [2.24, 2.45) is 5.41 Å². The smallest absolute Gasteiger partial charge is 0.354 e. The van der Waals surface area contributed by atoms with Gasteiger partial charge in [-0.25, -0.2) is 14.8 Å². The van der Waals surface area contributed by atoms with Crippen LogP contribution in [-0.2, 0) is 0 Å². The van der Waals surface area contributed by atoms with Crippen LogP contribution in [0.25, 0.3) is 0 Å². The highest BCUT2D eigenvalue weighted by Gasteiger charge is 2.11. The van der Waals surface area contributed by atoms with Crippen LogP contribution < -0.4 is 5.32 Å². The van der Waals surface area contributed by atoms with E-state index in [2.05, 4.69) is 36.1 Å². The minimum absolute atomic E-state index is 0.00130. The summed E-state index contributed by atoms with van der Waals surface area (Å²) in [5.41, 5.74) is 0.101. The average molecular weight is 209 g/mol. The number of hydrogen-bond acceptors (Lipinski definition) is 4. The molecule has 0 saturated heterocycles. The lowest BCUT2D eigenvalue weighted by molar-refractivity contribution is 0.0690. The molecule has 82 valence electrons. The Kier molecular flexibility index (Phi) is 3.24. The summed E-state index contributed by atoms with van der Waals surface area (Å²) in [7, 11) is 0. The molecule has 5 nitrogen and oxygen atoms in total. The lowest BCUT2D eigenvalue weighted by atomic mass is 9.97. The molecule has 0 saturated carbocycles. The second kappa shape index (κ2) is 4.25. The van der Waals surface area contributed by atoms with Gasteiger partial charge in [0.1, 0.15) is 0 Å². The number of anilines is 1. The van der Waals surface area contributed by atoms with E-state index in [1.807, 2.05) is 0 Å². The third kappa shape index (κ3) is 3.93. The van der Waals surface area contributed by atoms with Gasteiger partial charge in [-0.15, -0.1) is 0 Å². The van der Waals surface area contributed by atoms with E-state index in [-0.39, 0.29) is 11.1 Å². The number of aromatic carboxylic acids is 1. The molecule has 0 aromatic carbocycles. The van der Waals surface area contributed by atoms with Gasteiger partial charge in [0, 0.05) is 12.7 Å². The van der Waals surface area contributed by atoms with E-state index >= 15 is 0 Å². The summed E-state index contributed by atoms with van der Waals surface area (Å²) in [6.07, 6.45) is 1.43. The molecular weight excluding hydrogens is 194 g/mol.